The molecule has 2 nitrogen and oxygen atoms in total. The van der Waals surface area contributed by atoms with Crippen LogP contribution in [0.1, 0.15) is 42.4 Å². The lowest BCUT2D eigenvalue weighted by atomic mass is 10.0. The molecule has 0 spiro atoms. The molecule has 0 saturated heterocycles. The third-order valence-corrected chi connectivity index (χ3v) is 4.77. The predicted octanol–water partition coefficient (Wildman–Crippen LogP) is 4.94. The van der Waals surface area contributed by atoms with Crippen LogP contribution in [0.3, 0.4) is 0 Å². The second kappa shape index (κ2) is 7.25. The first kappa shape index (κ1) is 15.5. The summed E-state index contributed by atoms with van der Waals surface area (Å²) in [5.41, 5.74) is 2.10. The Kier molecular flexibility index (Phi) is 5.64. The van der Waals surface area contributed by atoms with Gasteiger partial charge in [0.25, 0.3) is 0 Å². The van der Waals surface area contributed by atoms with Crippen LogP contribution in [0.2, 0.25) is 0 Å². The quantitative estimate of drug-likeness (QED) is 0.795. The Labute approximate surface area is 132 Å². The highest BCUT2D eigenvalue weighted by molar-refractivity contribution is 9.10. The zero-order valence-corrected chi connectivity index (χ0v) is 14.1. The van der Waals surface area contributed by atoms with Gasteiger partial charge in [-0.3, -0.25) is 0 Å². The molecule has 2 aromatic rings. The molecule has 1 atom stereocenters. The fourth-order valence-electron chi connectivity index (χ4n) is 2.05. The van der Waals surface area contributed by atoms with Crippen LogP contribution in [-0.2, 0) is 6.42 Å². The van der Waals surface area contributed by atoms with E-state index in [1.165, 1.54) is 5.56 Å². The van der Waals surface area contributed by atoms with Gasteiger partial charge in [0.05, 0.1) is 11.1 Å². The molecule has 1 aromatic heterocycles. The van der Waals surface area contributed by atoms with E-state index in [0.717, 1.165) is 33.5 Å². The number of halogens is 1. The minimum atomic E-state index is -0.568. The van der Waals surface area contributed by atoms with Crippen molar-refractivity contribution < 1.29 is 9.84 Å². The number of aliphatic hydroxyl groups is 1. The van der Waals surface area contributed by atoms with E-state index < -0.39 is 6.10 Å². The molecule has 2 rings (SSSR count). The van der Waals surface area contributed by atoms with E-state index in [1.54, 1.807) is 11.3 Å². The molecule has 0 fully saturated rings. The van der Waals surface area contributed by atoms with E-state index in [-0.39, 0.29) is 0 Å². The van der Waals surface area contributed by atoms with Gasteiger partial charge in [0.15, 0.2) is 0 Å². The first-order valence-electron chi connectivity index (χ1n) is 6.83. The van der Waals surface area contributed by atoms with Crippen molar-refractivity contribution in [2.45, 2.75) is 32.8 Å². The summed E-state index contributed by atoms with van der Waals surface area (Å²) in [5, 5.41) is 12.6. The summed E-state index contributed by atoms with van der Waals surface area (Å²) in [6, 6.07) is 7.86. The highest BCUT2D eigenvalue weighted by Gasteiger charge is 2.16. The molecule has 1 N–H and O–H groups in total. The van der Waals surface area contributed by atoms with Gasteiger partial charge in [-0.2, -0.15) is 0 Å². The molecule has 108 valence electrons. The summed E-state index contributed by atoms with van der Waals surface area (Å²) in [6.45, 7) is 4.89. The maximum Gasteiger partial charge on any atom is 0.133 e. The highest BCUT2D eigenvalue weighted by Crippen LogP contribution is 2.34. The van der Waals surface area contributed by atoms with E-state index in [0.29, 0.717) is 6.61 Å². The number of aliphatic hydroxyl groups excluding tert-OH is 1. The zero-order valence-electron chi connectivity index (χ0n) is 11.7. The molecule has 0 amide bonds. The Morgan fingerprint density at radius 3 is 2.75 bits per heavy atom. The van der Waals surface area contributed by atoms with Gasteiger partial charge in [0, 0.05) is 4.88 Å². The fourth-order valence-corrected chi connectivity index (χ4v) is 3.57. The van der Waals surface area contributed by atoms with E-state index >= 15 is 0 Å². The standard InChI is InChI=1S/C16H19BrO2S/c1-3-8-19-14-6-5-12(10-13(14)17)15(18)16-11(4-2)7-9-20-16/h5-7,9-10,15,18H,3-4,8H2,1-2H3. The molecular weight excluding hydrogens is 336 g/mol. The SMILES string of the molecule is CCCOc1ccc(C(O)c2sccc2CC)cc1Br. The van der Waals surface area contributed by atoms with Crippen molar-refractivity contribution in [2.75, 3.05) is 6.61 Å². The molecular formula is C16H19BrO2S. The minimum absolute atomic E-state index is 0.568. The van der Waals surface area contributed by atoms with Crippen molar-refractivity contribution in [1.29, 1.82) is 0 Å². The van der Waals surface area contributed by atoms with Crippen LogP contribution < -0.4 is 4.74 Å². The third kappa shape index (κ3) is 3.43. The summed E-state index contributed by atoms with van der Waals surface area (Å²) >= 11 is 5.12. The van der Waals surface area contributed by atoms with Crippen molar-refractivity contribution in [3.63, 3.8) is 0 Å². The van der Waals surface area contributed by atoms with E-state index in [1.807, 2.05) is 23.6 Å². The van der Waals surface area contributed by atoms with Crippen molar-refractivity contribution >= 4 is 27.3 Å². The Morgan fingerprint density at radius 2 is 2.10 bits per heavy atom. The predicted molar refractivity (Wildman–Crippen MR) is 87.7 cm³/mol. The molecule has 0 saturated carbocycles. The molecule has 0 aliphatic heterocycles. The van der Waals surface area contributed by atoms with Gasteiger partial charge in [-0.15, -0.1) is 11.3 Å². The monoisotopic (exact) mass is 354 g/mol. The van der Waals surface area contributed by atoms with Gasteiger partial charge in [-0.05, 0) is 63.5 Å². The zero-order chi connectivity index (χ0) is 14.5. The number of thiophene rings is 1. The van der Waals surface area contributed by atoms with Gasteiger partial charge in [0.1, 0.15) is 11.9 Å². The van der Waals surface area contributed by atoms with Gasteiger partial charge in [-0.1, -0.05) is 19.9 Å². The van der Waals surface area contributed by atoms with E-state index in [9.17, 15) is 5.11 Å². The van der Waals surface area contributed by atoms with Crippen molar-refractivity contribution in [3.8, 4) is 5.75 Å². The molecule has 1 heterocycles. The lowest BCUT2D eigenvalue weighted by Crippen LogP contribution is -2.01. The molecule has 1 unspecified atom stereocenters. The molecule has 4 heteroatoms. The maximum atomic E-state index is 10.5. The molecule has 0 bridgehead atoms. The Hall–Kier alpha value is -0.840. The van der Waals surface area contributed by atoms with Crippen molar-refractivity contribution in [1.82, 2.24) is 0 Å². The average molecular weight is 355 g/mol. The molecule has 0 aliphatic rings. The summed E-state index contributed by atoms with van der Waals surface area (Å²) in [7, 11) is 0. The fraction of sp³-hybridized carbons (Fsp3) is 0.375. The van der Waals surface area contributed by atoms with Crippen LogP contribution in [0, 0.1) is 0 Å². The van der Waals surface area contributed by atoms with Gasteiger partial charge < -0.3 is 9.84 Å². The van der Waals surface area contributed by atoms with E-state index in [2.05, 4.69) is 35.8 Å². The van der Waals surface area contributed by atoms with Crippen molar-refractivity contribution in [2.24, 2.45) is 0 Å². The summed E-state index contributed by atoms with van der Waals surface area (Å²) < 4.78 is 6.52. The Balaban J connectivity index is 2.23. The first-order chi connectivity index (χ1) is 9.67. The molecule has 0 aliphatic carbocycles. The number of ether oxygens (including phenoxy) is 1. The normalized spacial score (nSPS) is 12.4. The number of aryl methyl sites for hydroxylation is 1. The largest absolute Gasteiger partial charge is 0.492 e. The molecule has 1 aromatic carbocycles. The summed E-state index contributed by atoms with van der Waals surface area (Å²) in [5.74, 6) is 0.824. The maximum absolute atomic E-state index is 10.5. The van der Waals surface area contributed by atoms with Crippen LogP contribution in [0.15, 0.2) is 34.1 Å². The molecule has 0 radical (unpaired) electrons. The van der Waals surface area contributed by atoms with Crippen molar-refractivity contribution in [3.05, 3.63) is 50.1 Å². The number of rotatable bonds is 6. The third-order valence-electron chi connectivity index (χ3n) is 3.14. The summed E-state index contributed by atoms with van der Waals surface area (Å²) in [6.07, 6.45) is 1.35. The number of hydrogen-bond acceptors (Lipinski definition) is 3. The van der Waals surface area contributed by atoms with Crippen LogP contribution in [0.25, 0.3) is 0 Å². The number of benzene rings is 1. The second-order valence-electron chi connectivity index (χ2n) is 4.60. The minimum Gasteiger partial charge on any atom is -0.492 e. The van der Waals surface area contributed by atoms with Crippen LogP contribution in [0.4, 0.5) is 0 Å². The first-order valence-corrected chi connectivity index (χ1v) is 8.51. The Bertz CT molecular complexity index is 565. The van der Waals surface area contributed by atoms with Crippen LogP contribution in [0.5, 0.6) is 5.75 Å². The van der Waals surface area contributed by atoms with Gasteiger partial charge >= 0.3 is 0 Å². The van der Waals surface area contributed by atoms with Crippen LogP contribution >= 0.6 is 27.3 Å². The van der Waals surface area contributed by atoms with Crippen LogP contribution in [-0.4, -0.2) is 11.7 Å². The van der Waals surface area contributed by atoms with Gasteiger partial charge in [0.2, 0.25) is 0 Å². The lowest BCUT2D eigenvalue weighted by Gasteiger charge is -2.14. The summed E-state index contributed by atoms with van der Waals surface area (Å²) in [4.78, 5) is 1.03. The second-order valence-corrected chi connectivity index (χ2v) is 6.41. The van der Waals surface area contributed by atoms with Gasteiger partial charge in [-0.25, -0.2) is 0 Å². The smallest absolute Gasteiger partial charge is 0.133 e. The van der Waals surface area contributed by atoms with E-state index in [4.69, 9.17) is 4.74 Å². The molecule has 20 heavy (non-hydrogen) atoms. The highest BCUT2D eigenvalue weighted by atomic mass is 79.9. The number of hydrogen-bond donors (Lipinski definition) is 1. The Morgan fingerprint density at radius 1 is 1.30 bits per heavy atom. The topological polar surface area (TPSA) is 29.5 Å². The lowest BCUT2D eigenvalue weighted by molar-refractivity contribution is 0.223. The average Bonchev–Trinajstić information content (AvgIpc) is 2.93.